The molecule has 8 nitrogen and oxygen atoms in total. The minimum atomic E-state index is -0.181. The molecule has 0 bridgehead atoms. The number of anilines is 1. The number of aromatic nitrogens is 3. The van der Waals surface area contributed by atoms with E-state index >= 15 is 0 Å². The van der Waals surface area contributed by atoms with Crippen molar-refractivity contribution in [1.82, 2.24) is 20.3 Å². The van der Waals surface area contributed by atoms with E-state index in [1.54, 1.807) is 27.2 Å². The number of carbonyl (C=O) groups excluding carboxylic acids is 1. The zero-order valence-corrected chi connectivity index (χ0v) is 11.5. The Morgan fingerprint density at radius 1 is 1.42 bits per heavy atom. The summed E-state index contributed by atoms with van der Waals surface area (Å²) in [7, 11) is 4.97. The molecule has 0 aliphatic carbocycles. The summed E-state index contributed by atoms with van der Waals surface area (Å²) in [5, 5.41) is 12.3. The number of ether oxygens (including phenoxy) is 1. The van der Waals surface area contributed by atoms with E-state index < -0.39 is 0 Å². The van der Waals surface area contributed by atoms with Crippen LogP contribution in [0.1, 0.15) is 5.69 Å². The van der Waals surface area contributed by atoms with Crippen LogP contribution >= 0.6 is 11.3 Å². The van der Waals surface area contributed by atoms with Gasteiger partial charge in [0.2, 0.25) is 5.13 Å². The molecule has 2 amide bonds. The molecule has 2 rings (SSSR count). The second-order valence-electron chi connectivity index (χ2n) is 3.87. The number of urea groups is 1. The average Bonchev–Trinajstić information content (AvgIpc) is 3.05. The molecule has 0 aromatic carbocycles. The first-order chi connectivity index (χ1) is 9.08. The van der Waals surface area contributed by atoms with E-state index in [1.165, 1.54) is 27.4 Å². The molecule has 0 atom stereocenters. The first-order valence-corrected chi connectivity index (χ1v) is 6.20. The largest absolute Gasteiger partial charge is 0.462 e. The van der Waals surface area contributed by atoms with Gasteiger partial charge >= 0.3 is 6.03 Å². The van der Waals surface area contributed by atoms with Crippen molar-refractivity contribution >= 4 is 22.5 Å². The minimum absolute atomic E-state index is 0.181. The van der Waals surface area contributed by atoms with E-state index in [0.29, 0.717) is 16.0 Å². The molecule has 9 heteroatoms. The van der Waals surface area contributed by atoms with Gasteiger partial charge < -0.3 is 14.2 Å². The smallest absolute Gasteiger partial charge is 0.325 e. The summed E-state index contributed by atoms with van der Waals surface area (Å²) in [6.07, 6.45) is 1.47. The van der Waals surface area contributed by atoms with E-state index in [2.05, 4.69) is 19.9 Å². The number of rotatable bonds is 4. The third-order valence-electron chi connectivity index (χ3n) is 2.19. The van der Waals surface area contributed by atoms with Gasteiger partial charge in [-0.15, -0.1) is 5.10 Å². The van der Waals surface area contributed by atoms with Crippen LogP contribution in [-0.2, 0) is 6.61 Å². The highest BCUT2D eigenvalue weighted by Crippen LogP contribution is 2.26. The van der Waals surface area contributed by atoms with Crippen LogP contribution in [-0.4, -0.2) is 47.4 Å². The van der Waals surface area contributed by atoms with Crippen molar-refractivity contribution in [3.05, 3.63) is 18.0 Å². The van der Waals surface area contributed by atoms with Crippen LogP contribution < -0.4 is 9.64 Å². The number of nitrogens with zero attached hydrogens (tertiary/aromatic N) is 5. The van der Waals surface area contributed by atoms with E-state index in [0.717, 1.165) is 0 Å². The van der Waals surface area contributed by atoms with Gasteiger partial charge in [-0.2, -0.15) is 0 Å². The first-order valence-electron chi connectivity index (χ1n) is 5.38. The maximum atomic E-state index is 11.7. The lowest BCUT2D eigenvalue weighted by atomic mass is 10.5. The van der Waals surface area contributed by atoms with Gasteiger partial charge in [0.25, 0.3) is 5.19 Å². The van der Waals surface area contributed by atoms with Crippen molar-refractivity contribution in [3.8, 4) is 5.19 Å². The number of amides is 2. The van der Waals surface area contributed by atoms with E-state index in [4.69, 9.17) is 4.74 Å². The van der Waals surface area contributed by atoms with Crippen molar-refractivity contribution in [2.24, 2.45) is 0 Å². The van der Waals surface area contributed by atoms with Crippen LogP contribution in [0, 0.1) is 0 Å². The van der Waals surface area contributed by atoms with Crippen LogP contribution in [0.5, 0.6) is 5.19 Å². The Morgan fingerprint density at radius 3 is 2.84 bits per heavy atom. The summed E-state index contributed by atoms with van der Waals surface area (Å²) >= 11 is 1.18. The van der Waals surface area contributed by atoms with Gasteiger partial charge in [-0.1, -0.05) is 10.3 Å². The molecular weight excluding hydrogens is 270 g/mol. The lowest BCUT2D eigenvalue weighted by molar-refractivity contribution is 0.225. The molecule has 0 unspecified atom stereocenters. The summed E-state index contributed by atoms with van der Waals surface area (Å²) in [6.45, 7) is 0.247. The molecule has 0 fully saturated rings. The number of hydrogen-bond donors (Lipinski definition) is 0. The summed E-state index contributed by atoms with van der Waals surface area (Å²) in [5.74, 6) is 0. The lowest BCUT2D eigenvalue weighted by Crippen LogP contribution is -2.36. The van der Waals surface area contributed by atoms with Crippen LogP contribution in [0.25, 0.3) is 0 Å². The Labute approximate surface area is 113 Å². The number of hydrogen-bond acceptors (Lipinski definition) is 7. The fraction of sp³-hybridized carbons (Fsp3) is 0.400. The highest BCUT2D eigenvalue weighted by Gasteiger charge is 2.17. The quantitative estimate of drug-likeness (QED) is 0.839. The van der Waals surface area contributed by atoms with Crippen molar-refractivity contribution in [1.29, 1.82) is 0 Å². The molecular formula is C10H13N5O3S. The predicted molar refractivity (Wildman–Crippen MR) is 68.2 cm³/mol. The molecule has 2 aromatic rings. The third-order valence-corrected chi connectivity index (χ3v) is 3.10. The third kappa shape index (κ3) is 3.19. The Hall–Kier alpha value is -2.16. The molecule has 0 saturated heterocycles. The second kappa shape index (κ2) is 5.65. The standard InChI is InChI=1S/C10H13N5O3S/c1-14(2)10(16)15(3)8-11-12-9(19-8)17-6-7-4-5-18-13-7/h4-5H,6H2,1-3H3. The van der Waals surface area contributed by atoms with Crippen LogP contribution in [0.3, 0.4) is 0 Å². The Kier molecular flexibility index (Phi) is 3.95. The molecule has 0 N–H and O–H groups in total. The normalized spacial score (nSPS) is 10.3. The molecule has 2 aromatic heterocycles. The number of carbonyl (C=O) groups is 1. The fourth-order valence-corrected chi connectivity index (χ4v) is 1.88. The summed E-state index contributed by atoms with van der Waals surface area (Å²) in [5.41, 5.74) is 0.662. The molecule has 19 heavy (non-hydrogen) atoms. The molecule has 0 saturated carbocycles. The van der Waals surface area contributed by atoms with Gasteiger partial charge in [0.15, 0.2) is 0 Å². The maximum absolute atomic E-state index is 11.7. The topological polar surface area (TPSA) is 84.6 Å². The second-order valence-corrected chi connectivity index (χ2v) is 4.78. The van der Waals surface area contributed by atoms with Gasteiger partial charge in [-0.05, 0) is 11.3 Å². The van der Waals surface area contributed by atoms with Gasteiger partial charge in [0.1, 0.15) is 18.6 Å². The summed E-state index contributed by atoms with van der Waals surface area (Å²) in [6, 6.07) is 1.52. The van der Waals surface area contributed by atoms with Gasteiger partial charge in [0, 0.05) is 27.2 Å². The van der Waals surface area contributed by atoms with Crippen molar-refractivity contribution in [2.45, 2.75) is 6.61 Å². The van der Waals surface area contributed by atoms with E-state index in [1.807, 2.05) is 0 Å². The average molecular weight is 283 g/mol. The highest BCUT2D eigenvalue weighted by molar-refractivity contribution is 7.17. The monoisotopic (exact) mass is 283 g/mol. The molecule has 102 valence electrons. The minimum Gasteiger partial charge on any atom is -0.462 e. The van der Waals surface area contributed by atoms with Crippen LogP contribution in [0.2, 0.25) is 0 Å². The highest BCUT2D eigenvalue weighted by atomic mass is 32.1. The van der Waals surface area contributed by atoms with Crippen LogP contribution in [0.15, 0.2) is 16.9 Å². The van der Waals surface area contributed by atoms with Gasteiger partial charge in [-0.3, -0.25) is 4.90 Å². The van der Waals surface area contributed by atoms with Crippen molar-refractivity contribution < 1.29 is 14.1 Å². The SMILES string of the molecule is CN(C)C(=O)N(C)c1nnc(OCc2ccon2)s1. The molecule has 2 heterocycles. The first kappa shape index (κ1) is 13.3. The van der Waals surface area contributed by atoms with Crippen molar-refractivity contribution in [2.75, 3.05) is 26.0 Å². The summed E-state index contributed by atoms with van der Waals surface area (Å²) < 4.78 is 10.1. The zero-order chi connectivity index (χ0) is 13.8. The summed E-state index contributed by atoms with van der Waals surface area (Å²) in [4.78, 5) is 14.6. The molecule has 0 aliphatic heterocycles. The Balaban J connectivity index is 1.97. The Bertz CT molecular complexity index is 539. The van der Waals surface area contributed by atoms with E-state index in [-0.39, 0.29) is 12.6 Å². The molecule has 0 radical (unpaired) electrons. The van der Waals surface area contributed by atoms with Gasteiger partial charge in [0.05, 0.1) is 0 Å². The molecule has 0 spiro atoms. The zero-order valence-electron chi connectivity index (χ0n) is 10.7. The van der Waals surface area contributed by atoms with Crippen LogP contribution in [0.4, 0.5) is 9.93 Å². The lowest BCUT2D eigenvalue weighted by Gasteiger charge is -2.18. The predicted octanol–water partition coefficient (Wildman–Crippen LogP) is 1.22. The fourth-order valence-electron chi connectivity index (χ4n) is 1.23. The van der Waals surface area contributed by atoms with E-state index in [9.17, 15) is 4.79 Å². The van der Waals surface area contributed by atoms with Crippen molar-refractivity contribution in [3.63, 3.8) is 0 Å². The van der Waals surface area contributed by atoms with Gasteiger partial charge in [-0.25, -0.2) is 4.79 Å². The maximum Gasteiger partial charge on any atom is 0.325 e. The Morgan fingerprint density at radius 2 is 2.21 bits per heavy atom. The molecule has 0 aliphatic rings.